The number of phenols is 3. The fourth-order valence-electron chi connectivity index (χ4n) is 4.09. The molecule has 0 saturated heterocycles. The second-order valence-electron chi connectivity index (χ2n) is 8.88. The fraction of sp³-hybridized carbons (Fsp3) is 0.250. The number of carbonyl (C=O) groups excluding carboxylic acids is 3. The average Bonchev–Trinajstić information content (AvgIpc) is 2.86. The van der Waals surface area contributed by atoms with Crippen LogP contribution in [0.15, 0.2) is 66.7 Å². The van der Waals surface area contributed by atoms with Crippen LogP contribution in [0.3, 0.4) is 0 Å². The van der Waals surface area contributed by atoms with Crippen molar-refractivity contribution in [3.63, 3.8) is 0 Å². The quantitative estimate of drug-likeness (QED) is 0.330. The molecule has 3 N–H and O–H groups in total. The Morgan fingerprint density at radius 3 is 1.32 bits per heavy atom. The predicted octanol–water partition coefficient (Wildman–Crippen LogP) is 4.27. The third-order valence-corrected chi connectivity index (χ3v) is 6.04. The van der Waals surface area contributed by atoms with Gasteiger partial charge in [-0.15, -0.1) is 0 Å². The summed E-state index contributed by atoms with van der Waals surface area (Å²) in [6.45, 7) is 1.66. The van der Waals surface area contributed by atoms with Gasteiger partial charge in [-0.1, -0.05) is 0 Å². The molecule has 1 fully saturated rings. The Morgan fingerprint density at radius 2 is 0.946 bits per heavy atom. The summed E-state index contributed by atoms with van der Waals surface area (Å²) in [6.07, 6.45) is -1.57. The van der Waals surface area contributed by atoms with Crippen molar-refractivity contribution in [2.45, 2.75) is 44.5 Å². The molecule has 37 heavy (non-hydrogen) atoms. The van der Waals surface area contributed by atoms with E-state index in [0.29, 0.717) is 5.56 Å². The van der Waals surface area contributed by atoms with Crippen LogP contribution < -0.4 is 0 Å². The van der Waals surface area contributed by atoms with Crippen LogP contribution in [0, 0.1) is 6.92 Å². The van der Waals surface area contributed by atoms with Crippen molar-refractivity contribution in [3.8, 4) is 17.2 Å². The first-order chi connectivity index (χ1) is 17.7. The highest BCUT2D eigenvalue weighted by atomic mass is 16.6. The Bertz CT molecular complexity index is 1210. The van der Waals surface area contributed by atoms with Crippen LogP contribution >= 0.6 is 0 Å². The molecular formula is C28H26O9. The van der Waals surface area contributed by atoms with Crippen LogP contribution in [0.2, 0.25) is 0 Å². The maximum atomic E-state index is 12.8. The van der Waals surface area contributed by atoms with Crippen molar-refractivity contribution in [2.24, 2.45) is 0 Å². The molecule has 9 heteroatoms. The van der Waals surface area contributed by atoms with E-state index in [1.807, 2.05) is 0 Å². The summed E-state index contributed by atoms with van der Waals surface area (Å²) in [5.74, 6) is -1.82. The van der Waals surface area contributed by atoms with Crippen LogP contribution in [-0.2, 0) is 14.2 Å². The van der Waals surface area contributed by atoms with Gasteiger partial charge >= 0.3 is 17.9 Å². The molecule has 1 aliphatic rings. The number of hydrogen-bond donors (Lipinski definition) is 3. The summed E-state index contributed by atoms with van der Waals surface area (Å²) in [4.78, 5) is 38.1. The molecule has 3 aromatic rings. The van der Waals surface area contributed by atoms with Crippen LogP contribution in [0.5, 0.6) is 17.2 Å². The first-order valence-corrected chi connectivity index (χ1v) is 11.7. The third-order valence-electron chi connectivity index (χ3n) is 6.04. The fourth-order valence-corrected chi connectivity index (χ4v) is 4.09. The van der Waals surface area contributed by atoms with Gasteiger partial charge in [-0.3, -0.25) is 0 Å². The Kier molecular flexibility index (Phi) is 7.62. The highest BCUT2D eigenvalue weighted by molar-refractivity contribution is 5.91. The van der Waals surface area contributed by atoms with Gasteiger partial charge in [0.2, 0.25) is 0 Å². The second kappa shape index (κ2) is 11.0. The molecule has 1 saturated carbocycles. The molecule has 0 aromatic heterocycles. The number of aryl methyl sites for hydroxylation is 1. The number of rotatable bonds is 6. The van der Waals surface area contributed by atoms with Crippen molar-refractivity contribution < 1.29 is 43.9 Å². The van der Waals surface area contributed by atoms with Gasteiger partial charge in [-0.05, 0) is 79.2 Å². The van der Waals surface area contributed by atoms with Crippen molar-refractivity contribution in [1.82, 2.24) is 0 Å². The van der Waals surface area contributed by atoms with E-state index in [9.17, 15) is 29.7 Å². The first-order valence-electron chi connectivity index (χ1n) is 11.7. The minimum Gasteiger partial charge on any atom is -0.508 e. The highest BCUT2D eigenvalue weighted by Gasteiger charge is 2.36. The molecule has 0 amide bonds. The molecule has 0 heterocycles. The number of aromatic hydroxyl groups is 3. The predicted molar refractivity (Wildman–Crippen MR) is 131 cm³/mol. The van der Waals surface area contributed by atoms with Crippen molar-refractivity contribution in [2.75, 3.05) is 0 Å². The van der Waals surface area contributed by atoms with E-state index < -0.39 is 36.2 Å². The van der Waals surface area contributed by atoms with Gasteiger partial charge < -0.3 is 29.5 Å². The molecule has 2 atom stereocenters. The summed E-state index contributed by atoms with van der Waals surface area (Å²) in [5, 5.41) is 28.6. The Morgan fingerprint density at radius 1 is 0.595 bits per heavy atom. The molecule has 192 valence electrons. The lowest BCUT2D eigenvalue weighted by molar-refractivity contribution is -0.0587. The number of ether oxygens (including phenoxy) is 3. The largest absolute Gasteiger partial charge is 0.508 e. The smallest absolute Gasteiger partial charge is 0.338 e. The van der Waals surface area contributed by atoms with E-state index >= 15 is 0 Å². The molecule has 0 bridgehead atoms. The number of esters is 3. The van der Waals surface area contributed by atoms with Crippen molar-refractivity contribution in [3.05, 3.63) is 89.0 Å². The van der Waals surface area contributed by atoms with Crippen LogP contribution in [0.1, 0.15) is 55.9 Å². The van der Waals surface area contributed by atoms with Gasteiger partial charge in [0.15, 0.2) is 0 Å². The average molecular weight is 507 g/mol. The lowest BCUT2D eigenvalue weighted by atomic mass is 9.91. The van der Waals surface area contributed by atoms with Gasteiger partial charge in [0.25, 0.3) is 0 Å². The van der Waals surface area contributed by atoms with Gasteiger partial charge in [-0.25, -0.2) is 14.4 Å². The van der Waals surface area contributed by atoms with E-state index in [1.165, 1.54) is 66.7 Å². The molecular weight excluding hydrogens is 480 g/mol. The number of hydrogen-bond acceptors (Lipinski definition) is 9. The number of phenolic OH excluding ortho intramolecular Hbond substituents is 3. The zero-order valence-corrected chi connectivity index (χ0v) is 20.0. The maximum absolute atomic E-state index is 12.8. The maximum Gasteiger partial charge on any atom is 0.338 e. The normalized spacial score (nSPS) is 19.0. The molecule has 9 nitrogen and oxygen atoms in total. The van der Waals surface area contributed by atoms with E-state index in [-0.39, 0.29) is 53.2 Å². The number of carbonyl (C=O) groups is 3. The standard InChI is InChI=1S/C28H26O9/c1-16-12-19(6-11-25(16)31)28(34)37-24-14-22(35-26(32)17-2-7-20(29)8-3-17)13-23(15-24)36-27(33)18-4-9-21(30)10-5-18/h2-12,22-24,29-31H,13-15H2,1H3. The SMILES string of the molecule is Cc1cc(C(=O)OC2CC(OC(=O)c3ccc(O)cc3)CC(OC(=O)c3ccc(O)cc3)C2)ccc1O. The van der Waals surface area contributed by atoms with Crippen LogP contribution in [0.4, 0.5) is 0 Å². The van der Waals surface area contributed by atoms with Gasteiger partial charge in [0, 0.05) is 19.3 Å². The molecule has 4 rings (SSSR count). The monoisotopic (exact) mass is 506 g/mol. The van der Waals surface area contributed by atoms with E-state index in [4.69, 9.17) is 14.2 Å². The van der Waals surface area contributed by atoms with Gasteiger partial charge in [0.1, 0.15) is 35.6 Å². The minimum atomic E-state index is -0.717. The molecule has 3 aromatic carbocycles. The molecule has 2 unspecified atom stereocenters. The summed E-state index contributed by atoms with van der Waals surface area (Å²) in [5.41, 5.74) is 1.22. The molecule has 0 radical (unpaired) electrons. The zero-order chi connectivity index (χ0) is 26.5. The lowest BCUT2D eigenvalue weighted by Crippen LogP contribution is -2.40. The molecule has 1 aliphatic carbocycles. The Labute approximate surface area is 212 Å². The lowest BCUT2D eigenvalue weighted by Gasteiger charge is -2.33. The zero-order valence-electron chi connectivity index (χ0n) is 20.0. The summed E-state index contributed by atoms with van der Waals surface area (Å²) >= 11 is 0. The van der Waals surface area contributed by atoms with Crippen LogP contribution in [0.25, 0.3) is 0 Å². The highest BCUT2D eigenvalue weighted by Crippen LogP contribution is 2.29. The number of benzene rings is 3. The van der Waals surface area contributed by atoms with Gasteiger partial charge in [-0.2, -0.15) is 0 Å². The van der Waals surface area contributed by atoms with E-state index in [2.05, 4.69) is 0 Å². The molecule has 0 spiro atoms. The van der Waals surface area contributed by atoms with Gasteiger partial charge in [0.05, 0.1) is 16.7 Å². The Balaban J connectivity index is 1.48. The van der Waals surface area contributed by atoms with Crippen molar-refractivity contribution >= 4 is 17.9 Å². The van der Waals surface area contributed by atoms with Crippen LogP contribution in [-0.4, -0.2) is 51.5 Å². The van der Waals surface area contributed by atoms with Crippen molar-refractivity contribution in [1.29, 1.82) is 0 Å². The summed E-state index contributed by atoms with van der Waals surface area (Å²) in [7, 11) is 0. The van der Waals surface area contributed by atoms with E-state index in [1.54, 1.807) is 6.92 Å². The Hall–Kier alpha value is -4.53. The topological polar surface area (TPSA) is 140 Å². The summed E-state index contributed by atoms with van der Waals surface area (Å²) in [6, 6.07) is 15.5. The first kappa shape index (κ1) is 25.6. The minimum absolute atomic E-state index is 0.00636. The third kappa shape index (κ3) is 6.58. The second-order valence-corrected chi connectivity index (χ2v) is 8.88. The van der Waals surface area contributed by atoms with E-state index in [0.717, 1.165) is 0 Å². The summed E-state index contributed by atoms with van der Waals surface area (Å²) < 4.78 is 16.9. The molecule has 0 aliphatic heterocycles.